The van der Waals surface area contributed by atoms with Crippen LogP contribution in [0.25, 0.3) is 6.08 Å². The molecule has 1 heterocycles. The van der Waals surface area contributed by atoms with Gasteiger partial charge in [-0.2, -0.15) is 0 Å². The van der Waals surface area contributed by atoms with Crippen molar-refractivity contribution in [3.05, 3.63) is 29.7 Å². The number of nitrogens with zero attached hydrogens (tertiary/aromatic N) is 1. The van der Waals surface area contributed by atoms with Gasteiger partial charge < -0.3 is 4.74 Å². The molecule has 0 spiro atoms. The van der Waals surface area contributed by atoms with Crippen LogP contribution >= 0.6 is 56.9 Å². The Morgan fingerprint density at radius 2 is 1.90 bits per heavy atom. The van der Waals surface area contributed by atoms with E-state index < -0.39 is 0 Å². The van der Waals surface area contributed by atoms with Crippen molar-refractivity contribution < 1.29 is 14.3 Å². The monoisotopic (exact) mass is 515 g/mol. The Hall–Kier alpha value is -0.290. The SMILES string of the molecule is CCOc1c(I)cc(/C=C2\SC(=O)N(C)C2=O)cc1I. The van der Waals surface area contributed by atoms with Gasteiger partial charge in [-0.1, -0.05) is 0 Å². The molecule has 1 saturated heterocycles. The highest BCUT2D eigenvalue weighted by atomic mass is 127. The Morgan fingerprint density at radius 1 is 1.30 bits per heavy atom. The number of carbonyl (C=O) groups excluding carboxylic acids is 2. The van der Waals surface area contributed by atoms with Crippen LogP contribution in [-0.2, 0) is 4.79 Å². The maximum Gasteiger partial charge on any atom is 0.293 e. The summed E-state index contributed by atoms with van der Waals surface area (Å²) < 4.78 is 7.55. The first-order chi connectivity index (χ1) is 9.43. The molecule has 1 aromatic rings. The molecule has 0 bridgehead atoms. The number of imide groups is 1. The van der Waals surface area contributed by atoms with E-state index in [0.29, 0.717) is 11.5 Å². The van der Waals surface area contributed by atoms with Crippen molar-refractivity contribution in [2.45, 2.75) is 6.92 Å². The summed E-state index contributed by atoms with van der Waals surface area (Å²) in [5, 5.41) is -0.239. The lowest BCUT2D eigenvalue weighted by Gasteiger charge is -2.09. The largest absolute Gasteiger partial charge is 0.492 e. The number of halogens is 2. The van der Waals surface area contributed by atoms with Gasteiger partial charge in [0.15, 0.2) is 0 Å². The minimum Gasteiger partial charge on any atom is -0.492 e. The number of carbonyl (C=O) groups is 2. The van der Waals surface area contributed by atoms with E-state index in [1.54, 1.807) is 6.08 Å². The Kier molecular flexibility index (Phi) is 5.35. The second-order valence-corrected chi connectivity index (χ2v) is 7.30. The standard InChI is InChI=1S/C13H11I2NO3S/c1-3-19-11-8(14)4-7(5-9(11)15)6-10-12(17)16(2)13(18)20-10/h4-6H,3H2,1-2H3/b10-6-. The molecule has 0 unspecified atom stereocenters. The van der Waals surface area contributed by atoms with Gasteiger partial charge in [0.05, 0.1) is 18.7 Å². The van der Waals surface area contributed by atoms with Crippen molar-refractivity contribution in [3.63, 3.8) is 0 Å². The smallest absolute Gasteiger partial charge is 0.293 e. The van der Waals surface area contributed by atoms with Crippen LogP contribution in [0.4, 0.5) is 4.79 Å². The number of hydrogen-bond donors (Lipinski definition) is 0. The van der Waals surface area contributed by atoms with E-state index in [4.69, 9.17) is 4.74 Å². The minimum atomic E-state index is -0.251. The van der Waals surface area contributed by atoms with Crippen molar-refractivity contribution in [1.29, 1.82) is 0 Å². The van der Waals surface area contributed by atoms with Gasteiger partial charge in [-0.3, -0.25) is 14.5 Å². The predicted octanol–water partition coefficient (Wildman–Crippen LogP) is 3.96. The number of hydrogen-bond acceptors (Lipinski definition) is 4. The third-order valence-corrected chi connectivity index (χ3v) is 5.16. The van der Waals surface area contributed by atoms with Gasteiger partial charge in [0.1, 0.15) is 5.75 Å². The van der Waals surface area contributed by atoms with E-state index >= 15 is 0 Å². The van der Waals surface area contributed by atoms with Gasteiger partial charge in [-0.25, -0.2) is 0 Å². The van der Waals surface area contributed by atoms with E-state index in [-0.39, 0.29) is 11.1 Å². The van der Waals surface area contributed by atoms with Crippen molar-refractivity contribution in [2.75, 3.05) is 13.7 Å². The third-order valence-electron chi connectivity index (χ3n) is 2.59. The highest BCUT2D eigenvalue weighted by Gasteiger charge is 2.31. The van der Waals surface area contributed by atoms with E-state index in [1.807, 2.05) is 19.1 Å². The van der Waals surface area contributed by atoms with Gasteiger partial charge in [0.2, 0.25) is 0 Å². The molecule has 106 valence electrons. The summed E-state index contributed by atoms with van der Waals surface area (Å²) in [6.07, 6.45) is 1.74. The summed E-state index contributed by atoms with van der Waals surface area (Å²) in [6.45, 7) is 2.55. The fourth-order valence-electron chi connectivity index (χ4n) is 1.64. The van der Waals surface area contributed by atoms with E-state index in [2.05, 4.69) is 45.2 Å². The summed E-state index contributed by atoms with van der Waals surface area (Å²) in [4.78, 5) is 24.9. The molecule has 1 fully saturated rings. The van der Waals surface area contributed by atoms with Crippen LogP contribution < -0.4 is 4.74 Å². The van der Waals surface area contributed by atoms with Crippen molar-refractivity contribution >= 4 is 74.2 Å². The average Bonchev–Trinajstić information content (AvgIpc) is 2.62. The van der Waals surface area contributed by atoms with E-state index in [1.165, 1.54) is 7.05 Å². The van der Waals surface area contributed by atoms with Crippen LogP contribution in [-0.4, -0.2) is 29.7 Å². The molecule has 0 saturated carbocycles. The molecule has 0 radical (unpaired) electrons. The fraction of sp³-hybridized carbons (Fsp3) is 0.231. The lowest BCUT2D eigenvalue weighted by Crippen LogP contribution is -2.22. The van der Waals surface area contributed by atoms with Crippen LogP contribution in [0.2, 0.25) is 0 Å². The molecule has 20 heavy (non-hydrogen) atoms. The van der Waals surface area contributed by atoms with Gasteiger partial charge >= 0.3 is 0 Å². The second kappa shape index (κ2) is 6.65. The molecule has 7 heteroatoms. The zero-order chi connectivity index (χ0) is 14.9. The third kappa shape index (κ3) is 3.30. The molecular weight excluding hydrogens is 504 g/mol. The van der Waals surface area contributed by atoms with Crippen molar-refractivity contribution in [1.82, 2.24) is 4.90 Å². The molecule has 0 N–H and O–H groups in total. The number of thioether (sulfide) groups is 1. The quantitative estimate of drug-likeness (QED) is 0.452. The molecule has 1 aliphatic rings. The highest BCUT2D eigenvalue weighted by Crippen LogP contribution is 2.34. The maximum absolute atomic E-state index is 11.8. The lowest BCUT2D eigenvalue weighted by molar-refractivity contribution is -0.121. The van der Waals surface area contributed by atoms with Crippen LogP contribution in [0.1, 0.15) is 12.5 Å². The Bertz CT molecular complexity index is 593. The zero-order valence-corrected chi connectivity index (χ0v) is 15.9. The first-order valence-corrected chi connectivity index (χ1v) is 8.74. The first kappa shape index (κ1) is 16.1. The number of ether oxygens (including phenoxy) is 1. The van der Waals surface area contributed by atoms with Crippen molar-refractivity contribution in [2.24, 2.45) is 0 Å². The minimum absolute atomic E-state index is 0.239. The summed E-state index contributed by atoms with van der Waals surface area (Å²) in [5.41, 5.74) is 0.890. The van der Waals surface area contributed by atoms with Gasteiger partial charge in [0.25, 0.3) is 11.1 Å². The molecule has 1 aromatic carbocycles. The Balaban J connectivity index is 2.36. The zero-order valence-electron chi connectivity index (χ0n) is 10.8. The van der Waals surface area contributed by atoms with Gasteiger partial charge in [0, 0.05) is 7.05 Å². The van der Waals surface area contributed by atoms with Gasteiger partial charge in [-0.05, 0) is 87.6 Å². The molecule has 0 aliphatic carbocycles. The Labute approximate surface area is 148 Å². The molecule has 0 atom stereocenters. The molecule has 2 amide bonds. The number of benzene rings is 1. The summed E-state index contributed by atoms with van der Waals surface area (Å²) >= 11 is 5.38. The summed E-state index contributed by atoms with van der Waals surface area (Å²) in [6, 6.07) is 3.88. The highest BCUT2D eigenvalue weighted by molar-refractivity contribution is 14.1. The molecular formula is C13H11I2NO3S. The van der Waals surface area contributed by atoms with Crippen LogP contribution in [0.3, 0.4) is 0 Å². The molecule has 1 aliphatic heterocycles. The predicted molar refractivity (Wildman–Crippen MR) is 96.8 cm³/mol. The van der Waals surface area contributed by atoms with Crippen LogP contribution in [0.5, 0.6) is 5.75 Å². The van der Waals surface area contributed by atoms with Crippen LogP contribution in [0, 0.1) is 7.14 Å². The van der Waals surface area contributed by atoms with E-state index in [0.717, 1.165) is 35.1 Å². The maximum atomic E-state index is 11.8. The molecule has 0 aromatic heterocycles. The second-order valence-electron chi connectivity index (χ2n) is 3.99. The molecule has 2 rings (SSSR count). The number of likely N-dealkylation sites (N-methyl/N-ethyl adjacent to an activating group) is 1. The van der Waals surface area contributed by atoms with Crippen molar-refractivity contribution in [3.8, 4) is 5.75 Å². The fourth-order valence-corrected chi connectivity index (χ4v) is 4.60. The van der Waals surface area contributed by atoms with Crippen LogP contribution in [0.15, 0.2) is 17.0 Å². The summed E-state index contributed by atoms with van der Waals surface area (Å²) in [7, 11) is 1.49. The van der Waals surface area contributed by atoms with Gasteiger partial charge in [-0.15, -0.1) is 0 Å². The summed E-state index contributed by atoms with van der Waals surface area (Å²) in [5.74, 6) is 0.605. The molecule has 4 nitrogen and oxygen atoms in total. The van der Waals surface area contributed by atoms with E-state index in [9.17, 15) is 9.59 Å². The number of rotatable bonds is 3. The Morgan fingerprint density at radius 3 is 2.35 bits per heavy atom. The lowest BCUT2D eigenvalue weighted by atomic mass is 10.2. The normalized spacial score (nSPS) is 17.2. The first-order valence-electron chi connectivity index (χ1n) is 5.77. The topological polar surface area (TPSA) is 46.6 Å². The average molecular weight is 515 g/mol. The number of amides is 2.